The van der Waals surface area contributed by atoms with Crippen LogP contribution in [-0.4, -0.2) is 12.2 Å². The third kappa shape index (κ3) is 2.58. The molecule has 0 bridgehead atoms. The average molecular weight is 331 g/mol. The maximum atomic E-state index is 13.4. The van der Waals surface area contributed by atoms with E-state index in [-0.39, 0.29) is 0 Å². The highest BCUT2D eigenvalue weighted by Gasteiger charge is 2.19. The number of halogens is 2. The summed E-state index contributed by atoms with van der Waals surface area (Å²) in [7, 11) is 1.46. The average Bonchev–Trinajstić information content (AvgIpc) is 2.78. The molecule has 18 heavy (non-hydrogen) atoms. The van der Waals surface area contributed by atoms with Crippen molar-refractivity contribution in [1.29, 1.82) is 0 Å². The van der Waals surface area contributed by atoms with Crippen molar-refractivity contribution < 1.29 is 14.2 Å². The minimum absolute atomic E-state index is 0.311. The van der Waals surface area contributed by atoms with Crippen LogP contribution < -0.4 is 4.74 Å². The Balaban J connectivity index is 2.46. The van der Waals surface area contributed by atoms with Crippen LogP contribution in [0.15, 0.2) is 28.7 Å². The monoisotopic (exact) mass is 330 g/mol. The Morgan fingerprint density at radius 2 is 2.11 bits per heavy atom. The lowest BCUT2D eigenvalue weighted by molar-refractivity contribution is 0.218. The van der Waals surface area contributed by atoms with Gasteiger partial charge in [-0.2, -0.15) is 0 Å². The second kappa shape index (κ2) is 5.38. The van der Waals surface area contributed by atoms with Crippen molar-refractivity contribution in [2.45, 2.75) is 13.0 Å². The Morgan fingerprint density at radius 1 is 1.39 bits per heavy atom. The number of benzene rings is 1. The predicted molar refractivity (Wildman–Crippen MR) is 73.8 cm³/mol. The van der Waals surface area contributed by atoms with E-state index in [0.717, 1.165) is 9.75 Å². The highest BCUT2D eigenvalue weighted by Crippen LogP contribution is 2.36. The molecule has 0 fully saturated rings. The van der Waals surface area contributed by atoms with E-state index in [1.807, 2.05) is 19.1 Å². The Morgan fingerprint density at radius 3 is 2.67 bits per heavy atom. The lowest BCUT2D eigenvalue weighted by atomic mass is 10.1. The summed E-state index contributed by atoms with van der Waals surface area (Å²) in [6.45, 7) is 1.97. The van der Waals surface area contributed by atoms with Crippen molar-refractivity contribution in [2.24, 2.45) is 0 Å². The molecule has 1 unspecified atom stereocenters. The summed E-state index contributed by atoms with van der Waals surface area (Å²) >= 11 is 4.62. The van der Waals surface area contributed by atoms with Crippen molar-refractivity contribution in [3.05, 3.63) is 49.9 Å². The van der Waals surface area contributed by atoms with Crippen LogP contribution in [0.3, 0.4) is 0 Å². The topological polar surface area (TPSA) is 29.5 Å². The third-order valence-corrected chi connectivity index (χ3v) is 4.26. The minimum Gasteiger partial charge on any atom is -0.496 e. The van der Waals surface area contributed by atoms with Crippen LogP contribution in [0.1, 0.15) is 21.4 Å². The maximum absolute atomic E-state index is 13.4. The van der Waals surface area contributed by atoms with Gasteiger partial charge in [-0.15, -0.1) is 11.3 Å². The molecule has 1 N–H and O–H groups in total. The Kier molecular flexibility index (Phi) is 4.04. The largest absolute Gasteiger partial charge is 0.496 e. The lowest BCUT2D eigenvalue weighted by Gasteiger charge is -2.14. The minimum atomic E-state index is -0.810. The smallest absolute Gasteiger partial charge is 0.141 e. The third-order valence-electron chi connectivity index (χ3n) is 2.60. The highest BCUT2D eigenvalue weighted by molar-refractivity contribution is 9.10. The van der Waals surface area contributed by atoms with Gasteiger partial charge >= 0.3 is 0 Å². The van der Waals surface area contributed by atoms with E-state index in [1.165, 1.54) is 24.5 Å². The molecule has 0 spiro atoms. The number of hydrogen-bond donors (Lipinski definition) is 1. The summed E-state index contributed by atoms with van der Waals surface area (Å²) in [5, 5.41) is 10.3. The fourth-order valence-electron chi connectivity index (χ4n) is 1.69. The molecule has 0 saturated carbocycles. The van der Waals surface area contributed by atoms with E-state index in [0.29, 0.717) is 15.8 Å². The summed E-state index contributed by atoms with van der Waals surface area (Å²) in [5.74, 6) is -0.0700. The molecule has 96 valence electrons. The first kappa shape index (κ1) is 13.5. The fraction of sp³-hybridized carbons (Fsp3) is 0.231. The van der Waals surface area contributed by atoms with Gasteiger partial charge in [0.05, 0.1) is 11.6 Å². The zero-order valence-corrected chi connectivity index (χ0v) is 12.3. The van der Waals surface area contributed by atoms with E-state index in [1.54, 1.807) is 6.07 Å². The molecule has 1 atom stereocenters. The van der Waals surface area contributed by atoms with Crippen molar-refractivity contribution in [3.63, 3.8) is 0 Å². The van der Waals surface area contributed by atoms with Gasteiger partial charge in [0.25, 0.3) is 0 Å². The molecule has 0 aliphatic heterocycles. The second-order valence-corrected chi connectivity index (χ2v) is 6.03. The molecule has 2 aromatic rings. The molecule has 0 radical (unpaired) electrons. The summed E-state index contributed by atoms with van der Waals surface area (Å²) in [6.07, 6.45) is -0.810. The second-order valence-electron chi connectivity index (χ2n) is 3.86. The molecule has 1 aromatic carbocycles. The number of thiophene rings is 1. The summed E-state index contributed by atoms with van der Waals surface area (Å²) in [6, 6.07) is 6.62. The molecule has 5 heteroatoms. The first-order valence-corrected chi connectivity index (χ1v) is 6.91. The number of aliphatic hydroxyl groups excluding tert-OH is 1. The highest BCUT2D eigenvalue weighted by atomic mass is 79.9. The van der Waals surface area contributed by atoms with Crippen LogP contribution in [0.2, 0.25) is 0 Å². The molecule has 2 nitrogen and oxygen atoms in total. The van der Waals surface area contributed by atoms with Gasteiger partial charge in [0.1, 0.15) is 17.7 Å². The normalized spacial score (nSPS) is 12.5. The predicted octanol–water partition coefficient (Wildman–Crippen LogP) is 4.05. The van der Waals surface area contributed by atoms with Gasteiger partial charge < -0.3 is 9.84 Å². The quantitative estimate of drug-likeness (QED) is 0.919. The van der Waals surface area contributed by atoms with Gasteiger partial charge in [-0.05, 0) is 41.1 Å². The standard InChI is InChI=1S/C13H12BrFO2S/c1-7-3-4-12(18-7)13(16)8-5-9(14)10(15)6-11(8)17-2/h3-6,13,16H,1-2H3. The first-order valence-electron chi connectivity index (χ1n) is 5.30. The van der Waals surface area contributed by atoms with Gasteiger partial charge in [0, 0.05) is 21.4 Å². The zero-order valence-electron chi connectivity index (χ0n) is 9.91. The van der Waals surface area contributed by atoms with E-state index in [2.05, 4.69) is 15.9 Å². The van der Waals surface area contributed by atoms with E-state index in [9.17, 15) is 9.50 Å². The Bertz CT molecular complexity index is 568. The van der Waals surface area contributed by atoms with Gasteiger partial charge in [-0.25, -0.2) is 4.39 Å². The molecule has 2 rings (SSSR count). The van der Waals surface area contributed by atoms with Gasteiger partial charge in [-0.1, -0.05) is 0 Å². The van der Waals surface area contributed by atoms with E-state index < -0.39 is 11.9 Å². The van der Waals surface area contributed by atoms with Crippen molar-refractivity contribution in [2.75, 3.05) is 7.11 Å². The van der Waals surface area contributed by atoms with Gasteiger partial charge in [-0.3, -0.25) is 0 Å². The van der Waals surface area contributed by atoms with Crippen LogP contribution >= 0.6 is 27.3 Å². The van der Waals surface area contributed by atoms with Crippen molar-refractivity contribution in [3.8, 4) is 5.75 Å². The van der Waals surface area contributed by atoms with E-state index in [4.69, 9.17) is 4.74 Å². The fourth-order valence-corrected chi connectivity index (χ4v) is 2.93. The summed E-state index contributed by atoms with van der Waals surface area (Å²) in [5.41, 5.74) is 0.549. The Hall–Kier alpha value is -0.910. The van der Waals surface area contributed by atoms with E-state index >= 15 is 0 Å². The van der Waals surface area contributed by atoms with Crippen LogP contribution in [0, 0.1) is 12.7 Å². The molecule has 0 saturated heterocycles. The molecule has 1 heterocycles. The molecular formula is C13H12BrFO2S. The molecule has 0 aliphatic rings. The van der Waals surface area contributed by atoms with Crippen LogP contribution in [0.5, 0.6) is 5.75 Å². The van der Waals surface area contributed by atoms with Crippen molar-refractivity contribution >= 4 is 27.3 Å². The molecule has 1 aromatic heterocycles. The zero-order chi connectivity index (χ0) is 13.3. The number of rotatable bonds is 3. The number of aliphatic hydroxyl groups is 1. The summed E-state index contributed by atoms with van der Waals surface area (Å²) < 4.78 is 18.8. The Labute approximate surface area is 117 Å². The number of ether oxygens (including phenoxy) is 1. The molecule has 0 amide bonds. The SMILES string of the molecule is COc1cc(F)c(Br)cc1C(O)c1ccc(C)s1. The maximum Gasteiger partial charge on any atom is 0.141 e. The van der Waals surface area contributed by atoms with Crippen LogP contribution in [0.4, 0.5) is 4.39 Å². The van der Waals surface area contributed by atoms with Crippen LogP contribution in [-0.2, 0) is 0 Å². The van der Waals surface area contributed by atoms with Gasteiger partial charge in [0.2, 0.25) is 0 Å². The summed E-state index contributed by atoms with van der Waals surface area (Å²) in [4.78, 5) is 1.92. The number of hydrogen-bond acceptors (Lipinski definition) is 3. The number of methoxy groups -OCH3 is 1. The molecule has 0 aliphatic carbocycles. The molecular weight excluding hydrogens is 319 g/mol. The first-order chi connectivity index (χ1) is 8.52. The van der Waals surface area contributed by atoms with Crippen LogP contribution in [0.25, 0.3) is 0 Å². The van der Waals surface area contributed by atoms with Gasteiger partial charge in [0.15, 0.2) is 0 Å². The lowest BCUT2D eigenvalue weighted by Crippen LogP contribution is -2.01. The van der Waals surface area contributed by atoms with Crippen molar-refractivity contribution in [1.82, 2.24) is 0 Å². The number of aryl methyl sites for hydroxylation is 1.